The molecule has 0 spiro atoms. The highest BCUT2D eigenvalue weighted by atomic mass is 16.5. The highest BCUT2D eigenvalue weighted by Gasteiger charge is 2.32. The van der Waals surface area contributed by atoms with Gasteiger partial charge in [0.05, 0.1) is 36.6 Å². The van der Waals surface area contributed by atoms with Gasteiger partial charge in [0.25, 0.3) is 0 Å². The number of nitrogens with zero attached hydrogens (tertiary/aromatic N) is 4. The number of hydrogen-bond acceptors (Lipinski definition) is 4. The number of urea groups is 1. The Labute approximate surface area is 146 Å². The number of ether oxygens (including phenoxy) is 1. The second-order valence-corrected chi connectivity index (χ2v) is 6.11. The van der Waals surface area contributed by atoms with Crippen LogP contribution >= 0.6 is 0 Å². The van der Waals surface area contributed by atoms with E-state index in [1.807, 2.05) is 25.6 Å². The Morgan fingerprint density at radius 3 is 2.92 bits per heavy atom. The van der Waals surface area contributed by atoms with Crippen LogP contribution < -0.4 is 5.32 Å². The molecule has 2 aromatic rings. The van der Waals surface area contributed by atoms with E-state index in [0.717, 1.165) is 17.0 Å². The second kappa shape index (κ2) is 6.95. The van der Waals surface area contributed by atoms with Crippen molar-refractivity contribution in [3.8, 4) is 6.07 Å². The zero-order chi connectivity index (χ0) is 18.0. The average Bonchev–Trinajstić information content (AvgIpc) is 2.87. The summed E-state index contributed by atoms with van der Waals surface area (Å²) in [5.41, 5.74) is 4.07. The highest BCUT2D eigenvalue weighted by Crippen LogP contribution is 2.29. The average molecular weight is 339 g/mol. The molecule has 1 aliphatic rings. The Morgan fingerprint density at radius 1 is 1.44 bits per heavy atom. The summed E-state index contributed by atoms with van der Waals surface area (Å²) < 4.78 is 7.45. The van der Waals surface area contributed by atoms with Crippen molar-refractivity contribution in [2.24, 2.45) is 7.05 Å². The number of nitriles is 1. The van der Waals surface area contributed by atoms with Crippen molar-refractivity contribution in [3.05, 3.63) is 46.8 Å². The summed E-state index contributed by atoms with van der Waals surface area (Å²) in [6.07, 6.45) is 0. The molecule has 0 saturated carbocycles. The quantitative estimate of drug-likeness (QED) is 0.911. The normalized spacial score (nSPS) is 17.2. The fourth-order valence-corrected chi connectivity index (χ4v) is 3.22. The van der Waals surface area contributed by atoms with E-state index in [1.54, 1.807) is 29.2 Å². The molecule has 0 unspecified atom stereocenters. The third kappa shape index (κ3) is 3.35. The minimum atomic E-state index is -0.203. The largest absolute Gasteiger partial charge is 0.377 e. The molecule has 1 aromatic carbocycles. The Balaban J connectivity index is 1.85. The number of carbonyl (C=O) groups excluding carboxylic acids is 1. The number of aryl methyl sites for hydroxylation is 2. The maximum Gasteiger partial charge on any atom is 0.322 e. The molecule has 0 bridgehead atoms. The summed E-state index contributed by atoms with van der Waals surface area (Å²) >= 11 is 0. The molecule has 1 atom stereocenters. The first-order chi connectivity index (χ1) is 12.0. The molecule has 1 N–H and O–H groups in total. The summed E-state index contributed by atoms with van der Waals surface area (Å²) in [4.78, 5) is 14.6. The number of morpholine rings is 1. The van der Waals surface area contributed by atoms with Gasteiger partial charge >= 0.3 is 6.03 Å². The van der Waals surface area contributed by atoms with Gasteiger partial charge < -0.3 is 15.0 Å². The van der Waals surface area contributed by atoms with Gasteiger partial charge in [-0.3, -0.25) is 4.68 Å². The maximum atomic E-state index is 12.8. The SMILES string of the molecule is Cc1nn(C)c(C)c1[C@H]1COCCN1C(=O)Nc1cccc(C#N)c1. The Morgan fingerprint density at radius 2 is 2.24 bits per heavy atom. The van der Waals surface area contributed by atoms with Gasteiger partial charge in [0.1, 0.15) is 0 Å². The van der Waals surface area contributed by atoms with E-state index >= 15 is 0 Å². The molecule has 7 nitrogen and oxygen atoms in total. The van der Waals surface area contributed by atoms with Gasteiger partial charge in [0.15, 0.2) is 0 Å². The molecule has 130 valence electrons. The number of amides is 2. The number of carbonyl (C=O) groups is 1. The van der Waals surface area contributed by atoms with Crippen LogP contribution in [0, 0.1) is 25.2 Å². The third-order valence-electron chi connectivity index (χ3n) is 4.53. The first-order valence-corrected chi connectivity index (χ1v) is 8.17. The van der Waals surface area contributed by atoms with Crippen molar-refractivity contribution < 1.29 is 9.53 Å². The standard InChI is InChI=1S/C18H21N5O2/c1-12-17(13(2)22(3)21-12)16-11-25-8-7-23(16)18(24)20-15-6-4-5-14(9-15)10-19/h4-6,9,16H,7-8,11H2,1-3H3,(H,20,24)/t16-/m1/s1. The van der Waals surface area contributed by atoms with Crippen LogP contribution in [0.25, 0.3) is 0 Å². The van der Waals surface area contributed by atoms with Crippen LogP contribution in [-0.2, 0) is 11.8 Å². The number of aromatic nitrogens is 2. The predicted molar refractivity (Wildman–Crippen MR) is 93.1 cm³/mol. The maximum absolute atomic E-state index is 12.8. The van der Waals surface area contributed by atoms with Gasteiger partial charge in [-0.05, 0) is 32.0 Å². The second-order valence-electron chi connectivity index (χ2n) is 6.11. The van der Waals surface area contributed by atoms with E-state index in [1.165, 1.54) is 0 Å². The Bertz CT molecular complexity index is 836. The Kier molecular flexibility index (Phi) is 4.72. The number of benzene rings is 1. The van der Waals surface area contributed by atoms with Gasteiger partial charge in [-0.25, -0.2) is 4.79 Å². The van der Waals surface area contributed by atoms with Gasteiger partial charge in [0, 0.05) is 30.5 Å². The molecule has 25 heavy (non-hydrogen) atoms. The van der Waals surface area contributed by atoms with Crippen molar-refractivity contribution in [2.45, 2.75) is 19.9 Å². The molecule has 0 aliphatic carbocycles. The highest BCUT2D eigenvalue weighted by molar-refractivity contribution is 5.90. The lowest BCUT2D eigenvalue weighted by molar-refractivity contribution is 0.0143. The van der Waals surface area contributed by atoms with Gasteiger partial charge in [-0.1, -0.05) is 6.07 Å². The minimum Gasteiger partial charge on any atom is -0.377 e. The molecule has 1 saturated heterocycles. The van der Waals surface area contributed by atoms with Crippen LogP contribution in [0.5, 0.6) is 0 Å². The van der Waals surface area contributed by atoms with Crippen molar-refractivity contribution in [1.29, 1.82) is 5.26 Å². The molecular weight excluding hydrogens is 318 g/mol. The van der Waals surface area contributed by atoms with Crippen LogP contribution in [0.1, 0.15) is 28.6 Å². The van der Waals surface area contributed by atoms with Crippen LogP contribution in [0.3, 0.4) is 0 Å². The summed E-state index contributed by atoms with van der Waals surface area (Å²) in [6, 6.07) is 8.58. The third-order valence-corrected chi connectivity index (χ3v) is 4.53. The number of nitrogens with one attached hydrogen (secondary N) is 1. The van der Waals surface area contributed by atoms with E-state index in [0.29, 0.717) is 31.0 Å². The predicted octanol–water partition coefficient (Wildman–Crippen LogP) is 2.51. The summed E-state index contributed by atoms with van der Waals surface area (Å²) in [5.74, 6) is 0. The number of hydrogen-bond donors (Lipinski definition) is 1. The van der Waals surface area contributed by atoms with Gasteiger partial charge in [-0.15, -0.1) is 0 Å². The number of rotatable bonds is 2. The van der Waals surface area contributed by atoms with E-state index in [4.69, 9.17) is 10.00 Å². The van der Waals surface area contributed by atoms with E-state index in [-0.39, 0.29) is 12.1 Å². The van der Waals surface area contributed by atoms with Crippen molar-refractivity contribution in [2.75, 3.05) is 25.1 Å². The molecule has 1 aromatic heterocycles. The molecular formula is C18H21N5O2. The van der Waals surface area contributed by atoms with Crippen LogP contribution in [0.15, 0.2) is 24.3 Å². The van der Waals surface area contributed by atoms with Crippen molar-refractivity contribution >= 4 is 11.7 Å². The summed E-state index contributed by atoms with van der Waals surface area (Å²) in [7, 11) is 1.90. The molecule has 1 fully saturated rings. The molecule has 3 rings (SSSR count). The first-order valence-electron chi connectivity index (χ1n) is 8.17. The lowest BCUT2D eigenvalue weighted by Gasteiger charge is -2.36. The van der Waals surface area contributed by atoms with E-state index in [9.17, 15) is 4.79 Å². The van der Waals surface area contributed by atoms with Crippen molar-refractivity contribution in [3.63, 3.8) is 0 Å². The lowest BCUT2D eigenvalue weighted by Crippen LogP contribution is -2.45. The molecule has 2 heterocycles. The topological polar surface area (TPSA) is 83.2 Å². The number of anilines is 1. The monoisotopic (exact) mass is 339 g/mol. The molecule has 1 aliphatic heterocycles. The fraction of sp³-hybridized carbons (Fsp3) is 0.389. The van der Waals surface area contributed by atoms with Gasteiger partial charge in [-0.2, -0.15) is 10.4 Å². The first kappa shape index (κ1) is 17.0. The smallest absolute Gasteiger partial charge is 0.322 e. The van der Waals surface area contributed by atoms with Crippen molar-refractivity contribution in [1.82, 2.24) is 14.7 Å². The zero-order valence-corrected chi connectivity index (χ0v) is 14.6. The van der Waals surface area contributed by atoms with Crippen LogP contribution in [0.4, 0.5) is 10.5 Å². The van der Waals surface area contributed by atoms with E-state index in [2.05, 4.69) is 16.5 Å². The molecule has 0 radical (unpaired) electrons. The minimum absolute atomic E-state index is 0.179. The summed E-state index contributed by atoms with van der Waals surface area (Å²) in [5, 5.41) is 16.3. The van der Waals surface area contributed by atoms with Crippen LogP contribution in [0.2, 0.25) is 0 Å². The Hall–Kier alpha value is -2.85. The summed E-state index contributed by atoms with van der Waals surface area (Å²) in [6.45, 7) is 5.39. The molecule has 7 heteroatoms. The lowest BCUT2D eigenvalue weighted by atomic mass is 10.0. The van der Waals surface area contributed by atoms with E-state index < -0.39 is 0 Å². The van der Waals surface area contributed by atoms with Crippen LogP contribution in [-0.4, -0.2) is 40.5 Å². The zero-order valence-electron chi connectivity index (χ0n) is 14.6. The molecule has 2 amide bonds. The van der Waals surface area contributed by atoms with Gasteiger partial charge in [0.2, 0.25) is 0 Å². The fourth-order valence-electron chi connectivity index (χ4n) is 3.22.